The second kappa shape index (κ2) is 3.15. The number of halogens is 2. The molecule has 0 unspecified atom stereocenters. The largest absolute Gasteiger partial charge is 0.493 e. The van der Waals surface area contributed by atoms with E-state index in [2.05, 4.69) is 10.2 Å². The molecular weight excluding hydrogens is 227 g/mol. The monoisotopic (exact) mass is 230 g/mol. The lowest BCUT2D eigenvalue weighted by Crippen LogP contribution is -1.71. The topological polar surface area (TPSA) is 65.4 Å². The van der Waals surface area contributed by atoms with Gasteiger partial charge in [-0.2, -0.15) is 0 Å². The van der Waals surface area contributed by atoms with E-state index in [9.17, 15) is 10.0 Å². The van der Waals surface area contributed by atoms with E-state index in [1.54, 1.807) is 0 Å². The summed E-state index contributed by atoms with van der Waals surface area (Å²) in [6, 6.07) is 3.02. The number of hydrogen-bond acceptors (Lipinski definition) is 3. The van der Waals surface area contributed by atoms with Crippen molar-refractivity contribution in [2.45, 2.75) is 0 Å². The number of H-pyrrole nitrogens is 1. The summed E-state index contributed by atoms with van der Waals surface area (Å²) in [6.45, 7) is 0. The summed E-state index contributed by atoms with van der Waals surface area (Å²) in [5.74, 6) is -0.306. The molecule has 1 aromatic heterocycles. The van der Waals surface area contributed by atoms with Crippen LogP contribution in [0.5, 0.6) is 5.88 Å². The van der Waals surface area contributed by atoms with E-state index in [0.29, 0.717) is 20.9 Å². The molecule has 0 saturated carbocycles. The van der Waals surface area contributed by atoms with Gasteiger partial charge < -0.3 is 10.1 Å². The third kappa shape index (κ3) is 1.23. The Bertz CT molecular complexity index is 522. The average Bonchev–Trinajstić information content (AvgIpc) is 2.41. The highest BCUT2D eigenvalue weighted by molar-refractivity contribution is 6.38. The first-order valence-corrected chi connectivity index (χ1v) is 4.42. The molecule has 0 spiro atoms. The van der Waals surface area contributed by atoms with Gasteiger partial charge in [0, 0.05) is 10.4 Å². The molecule has 1 aromatic carbocycles. The summed E-state index contributed by atoms with van der Waals surface area (Å²) in [4.78, 5) is 13.0. The third-order valence-corrected chi connectivity index (χ3v) is 2.39. The predicted octanol–water partition coefficient (Wildman–Crippen LogP) is 3.58. The first-order valence-electron chi connectivity index (χ1n) is 3.66. The van der Waals surface area contributed by atoms with Crippen molar-refractivity contribution in [1.82, 2.24) is 4.98 Å². The number of aromatic nitrogens is 1. The second-order valence-electron chi connectivity index (χ2n) is 2.72. The van der Waals surface area contributed by atoms with Crippen LogP contribution >= 0.6 is 23.2 Å². The first-order chi connectivity index (χ1) is 6.63. The number of hydrogen-bond donors (Lipinski definition) is 2. The number of nitrogens with one attached hydrogen (secondary N) is 1. The summed E-state index contributed by atoms with van der Waals surface area (Å²) in [6.07, 6.45) is 0. The van der Waals surface area contributed by atoms with Crippen LogP contribution in [-0.2, 0) is 0 Å². The molecule has 0 aliphatic carbocycles. The minimum atomic E-state index is -0.306. The maximum absolute atomic E-state index is 10.4. The molecule has 0 aliphatic rings. The van der Waals surface area contributed by atoms with Crippen molar-refractivity contribution in [3.63, 3.8) is 0 Å². The molecule has 0 bridgehead atoms. The van der Waals surface area contributed by atoms with Gasteiger partial charge in [0.15, 0.2) is 5.69 Å². The van der Waals surface area contributed by atoms with Crippen molar-refractivity contribution in [3.8, 4) is 5.88 Å². The van der Waals surface area contributed by atoms with E-state index >= 15 is 0 Å². The Morgan fingerprint density at radius 1 is 1.36 bits per heavy atom. The van der Waals surface area contributed by atoms with Gasteiger partial charge in [-0.3, -0.25) is 0 Å². The van der Waals surface area contributed by atoms with Crippen LogP contribution in [0.2, 0.25) is 10.0 Å². The average molecular weight is 231 g/mol. The van der Waals surface area contributed by atoms with Crippen molar-refractivity contribution < 1.29 is 5.11 Å². The van der Waals surface area contributed by atoms with Crippen LogP contribution in [0.25, 0.3) is 10.9 Å². The summed E-state index contributed by atoms with van der Waals surface area (Å²) in [5.41, 5.74) is 0.368. The van der Waals surface area contributed by atoms with Crippen molar-refractivity contribution >= 4 is 39.8 Å². The molecule has 72 valence electrons. The number of nitrogens with zero attached hydrogens (tertiary/aromatic N) is 1. The minimum absolute atomic E-state index is 0.0793. The molecular formula is C8H4Cl2N2O2. The van der Waals surface area contributed by atoms with Gasteiger partial charge in [0.05, 0.1) is 10.5 Å². The fourth-order valence-corrected chi connectivity index (χ4v) is 1.83. The van der Waals surface area contributed by atoms with Gasteiger partial charge in [0.2, 0.25) is 5.88 Å². The highest BCUT2D eigenvalue weighted by Gasteiger charge is 2.14. The van der Waals surface area contributed by atoms with Gasteiger partial charge in [-0.1, -0.05) is 23.2 Å². The molecule has 4 nitrogen and oxygen atoms in total. The lowest BCUT2D eigenvalue weighted by molar-refractivity contribution is 0.460. The molecule has 2 rings (SSSR count). The SMILES string of the molecule is O=Nc1c(O)[nH]c2c(Cl)cc(Cl)cc12. The van der Waals surface area contributed by atoms with Gasteiger partial charge in [-0.05, 0) is 17.3 Å². The smallest absolute Gasteiger partial charge is 0.219 e. The Labute approximate surface area is 88.4 Å². The lowest BCUT2D eigenvalue weighted by Gasteiger charge is -1.94. The Hall–Kier alpha value is -1.26. The second-order valence-corrected chi connectivity index (χ2v) is 3.57. The van der Waals surface area contributed by atoms with Crippen LogP contribution in [0.1, 0.15) is 0 Å². The van der Waals surface area contributed by atoms with E-state index in [0.717, 1.165) is 0 Å². The number of aromatic amines is 1. The van der Waals surface area contributed by atoms with Crippen LogP contribution in [0.4, 0.5) is 5.69 Å². The van der Waals surface area contributed by atoms with E-state index in [-0.39, 0.29) is 11.6 Å². The number of nitroso groups, excluding NO2 is 1. The van der Waals surface area contributed by atoms with Gasteiger partial charge in [-0.15, -0.1) is 4.91 Å². The van der Waals surface area contributed by atoms with E-state index in [4.69, 9.17) is 23.2 Å². The molecule has 0 radical (unpaired) electrons. The molecule has 0 amide bonds. The Morgan fingerprint density at radius 2 is 2.07 bits per heavy atom. The van der Waals surface area contributed by atoms with Crippen LogP contribution in [-0.4, -0.2) is 10.1 Å². The Morgan fingerprint density at radius 3 is 2.71 bits per heavy atom. The number of aromatic hydroxyl groups is 1. The van der Waals surface area contributed by atoms with E-state index in [1.807, 2.05) is 0 Å². The molecule has 0 atom stereocenters. The van der Waals surface area contributed by atoms with E-state index < -0.39 is 0 Å². The Kier molecular flexibility index (Phi) is 2.09. The molecule has 6 heteroatoms. The summed E-state index contributed by atoms with van der Waals surface area (Å²) in [7, 11) is 0. The van der Waals surface area contributed by atoms with Gasteiger partial charge in [-0.25, -0.2) is 0 Å². The molecule has 2 aromatic rings. The zero-order valence-electron chi connectivity index (χ0n) is 6.71. The normalized spacial score (nSPS) is 10.7. The fraction of sp³-hybridized carbons (Fsp3) is 0. The highest BCUT2D eigenvalue weighted by atomic mass is 35.5. The molecule has 0 saturated heterocycles. The maximum atomic E-state index is 10.4. The number of fused-ring (bicyclic) bond motifs is 1. The zero-order valence-corrected chi connectivity index (χ0v) is 8.23. The maximum Gasteiger partial charge on any atom is 0.219 e. The summed E-state index contributed by atoms with van der Waals surface area (Å²) < 4.78 is 0. The van der Waals surface area contributed by atoms with Gasteiger partial charge >= 0.3 is 0 Å². The fourth-order valence-electron chi connectivity index (χ4n) is 1.28. The minimum Gasteiger partial charge on any atom is -0.493 e. The molecule has 0 aliphatic heterocycles. The highest BCUT2D eigenvalue weighted by Crippen LogP contribution is 2.39. The van der Waals surface area contributed by atoms with Crippen LogP contribution in [0.3, 0.4) is 0 Å². The lowest BCUT2D eigenvalue weighted by atomic mass is 10.2. The summed E-state index contributed by atoms with van der Waals surface area (Å²) >= 11 is 11.6. The van der Waals surface area contributed by atoms with Gasteiger partial charge in [0.1, 0.15) is 0 Å². The molecule has 14 heavy (non-hydrogen) atoms. The third-order valence-electron chi connectivity index (χ3n) is 1.87. The van der Waals surface area contributed by atoms with Crippen LogP contribution < -0.4 is 0 Å². The van der Waals surface area contributed by atoms with Crippen molar-refractivity contribution in [2.24, 2.45) is 5.18 Å². The molecule has 0 fully saturated rings. The summed E-state index contributed by atoms with van der Waals surface area (Å²) in [5, 5.41) is 13.1. The predicted molar refractivity (Wildman–Crippen MR) is 55.4 cm³/mol. The first kappa shape index (κ1) is 9.30. The number of rotatable bonds is 1. The Balaban J connectivity index is 2.94. The van der Waals surface area contributed by atoms with Crippen molar-refractivity contribution in [3.05, 3.63) is 27.1 Å². The van der Waals surface area contributed by atoms with Gasteiger partial charge in [0.25, 0.3) is 0 Å². The van der Waals surface area contributed by atoms with Crippen molar-refractivity contribution in [1.29, 1.82) is 0 Å². The van der Waals surface area contributed by atoms with Crippen LogP contribution in [0.15, 0.2) is 17.3 Å². The molecule has 2 N–H and O–H groups in total. The standard InChI is InChI=1S/C8H4Cl2N2O2/c9-3-1-4-6(5(10)2-3)11-8(13)7(4)12-14/h1-2,11,13H. The quantitative estimate of drug-likeness (QED) is 0.736. The molecule has 1 heterocycles. The number of benzene rings is 1. The van der Waals surface area contributed by atoms with Crippen molar-refractivity contribution in [2.75, 3.05) is 0 Å². The van der Waals surface area contributed by atoms with Crippen LogP contribution in [0, 0.1) is 4.91 Å². The zero-order chi connectivity index (χ0) is 10.3. The van der Waals surface area contributed by atoms with E-state index in [1.165, 1.54) is 12.1 Å².